The average molecular weight is 477 g/mol. The zero-order valence-corrected chi connectivity index (χ0v) is 18.4. The number of carbonyl (C=O) groups is 2. The van der Waals surface area contributed by atoms with Crippen LogP contribution >= 0.6 is 11.6 Å². The molecule has 0 saturated heterocycles. The summed E-state index contributed by atoms with van der Waals surface area (Å²) in [5, 5.41) is 6.36. The van der Waals surface area contributed by atoms with Crippen LogP contribution < -0.4 is 15.4 Å². The summed E-state index contributed by atoms with van der Waals surface area (Å²) >= 11 is 5.82. The Morgan fingerprint density at radius 3 is 2.52 bits per heavy atom. The Labute approximate surface area is 193 Å². The number of halogens is 3. The fourth-order valence-electron chi connectivity index (χ4n) is 3.91. The highest BCUT2D eigenvalue weighted by Crippen LogP contribution is 2.25. The number of fused-ring (bicyclic) bond motifs is 1. The average Bonchev–Trinajstić information content (AvgIpc) is 3.19. The van der Waals surface area contributed by atoms with Crippen LogP contribution in [0.4, 0.5) is 8.78 Å². The van der Waals surface area contributed by atoms with Gasteiger partial charge in [0, 0.05) is 29.1 Å². The van der Waals surface area contributed by atoms with Crippen molar-refractivity contribution in [3.63, 3.8) is 0 Å². The number of nitrogens with zero attached hydrogens (tertiary/aromatic N) is 1. The molecule has 1 heterocycles. The van der Waals surface area contributed by atoms with Crippen molar-refractivity contribution in [2.75, 3.05) is 6.61 Å². The van der Waals surface area contributed by atoms with Gasteiger partial charge in [-0.2, -0.15) is 0 Å². The maximum Gasteiger partial charge on any atom is 0.258 e. The Bertz CT molecular complexity index is 1110. The molecule has 2 aromatic carbocycles. The molecule has 3 N–H and O–H groups in total. The smallest absolute Gasteiger partial charge is 0.258 e. The van der Waals surface area contributed by atoms with Crippen molar-refractivity contribution < 1.29 is 23.1 Å². The summed E-state index contributed by atoms with van der Waals surface area (Å²) < 4.78 is 32.1. The minimum atomic E-state index is -0.968. The number of carbonyl (C=O) groups excluding carboxylic acids is 2. The molecule has 33 heavy (non-hydrogen) atoms. The molecular formula is C23H23ClF2N4O3. The van der Waals surface area contributed by atoms with E-state index in [2.05, 4.69) is 20.6 Å². The second-order valence-corrected chi connectivity index (χ2v) is 8.48. The molecule has 0 spiro atoms. The first kappa shape index (κ1) is 23.0. The molecule has 7 nitrogen and oxygen atoms in total. The second kappa shape index (κ2) is 10.2. The lowest BCUT2D eigenvalue weighted by molar-refractivity contribution is -0.126. The number of imidazole rings is 1. The van der Waals surface area contributed by atoms with Crippen LogP contribution in [0, 0.1) is 17.6 Å². The lowest BCUT2D eigenvalue weighted by Gasteiger charge is -2.28. The van der Waals surface area contributed by atoms with E-state index in [0.29, 0.717) is 53.3 Å². The van der Waals surface area contributed by atoms with E-state index >= 15 is 0 Å². The Hall–Kier alpha value is -3.20. The quantitative estimate of drug-likeness (QED) is 0.482. The molecule has 1 saturated carbocycles. The van der Waals surface area contributed by atoms with Crippen molar-refractivity contribution in [2.24, 2.45) is 5.92 Å². The lowest BCUT2D eigenvalue weighted by Crippen LogP contribution is -2.42. The van der Waals surface area contributed by atoms with Gasteiger partial charge in [0.25, 0.3) is 5.91 Å². The van der Waals surface area contributed by atoms with Crippen LogP contribution in [0.15, 0.2) is 36.4 Å². The van der Waals surface area contributed by atoms with E-state index in [0.717, 1.165) is 12.1 Å². The van der Waals surface area contributed by atoms with Gasteiger partial charge in [-0.05, 0) is 49.9 Å². The molecule has 0 atom stereocenters. The van der Waals surface area contributed by atoms with E-state index in [9.17, 15) is 18.4 Å². The maximum absolute atomic E-state index is 13.3. The monoisotopic (exact) mass is 476 g/mol. The third kappa shape index (κ3) is 5.98. The molecule has 1 aromatic heterocycles. The molecule has 0 unspecified atom stereocenters. The molecule has 3 aromatic rings. The van der Waals surface area contributed by atoms with Gasteiger partial charge in [-0.3, -0.25) is 9.59 Å². The Morgan fingerprint density at radius 1 is 1.09 bits per heavy atom. The zero-order valence-electron chi connectivity index (χ0n) is 17.7. The lowest BCUT2D eigenvalue weighted by atomic mass is 9.85. The van der Waals surface area contributed by atoms with E-state index in [1.165, 1.54) is 0 Å². The molecule has 2 amide bonds. The number of nitrogens with one attached hydrogen (secondary N) is 3. The van der Waals surface area contributed by atoms with Gasteiger partial charge in [0.2, 0.25) is 5.91 Å². The molecular weight excluding hydrogens is 454 g/mol. The summed E-state index contributed by atoms with van der Waals surface area (Å²) in [5.41, 5.74) is 0.670. The van der Waals surface area contributed by atoms with Gasteiger partial charge in [-0.1, -0.05) is 11.6 Å². The fraction of sp³-hybridized carbons (Fsp3) is 0.348. The number of rotatable bonds is 7. The Balaban J connectivity index is 1.19. The fourth-order valence-corrected chi connectivity index (χ4v) is 4.03. The van der Waals surface area contributed by atoms with Crippen LogP contribution in [0.3, 0.4) is 0 Å². The maximum atomic E-state index is 13.3. The van der Waals surface area contributed by atoms with Crippen LogP contribution in [0.25, 0.3) is 11.0 Å². The van der Waals surface area contributed by atoms with Crippen LogP contribution in [0.2, 0.25) is 5.02 Å². The predicted molar refractivity (Wildman–Crippen MR) is 119 cm³/mol. The van der Waals surface area contributed by atoms with Crippen LogP contribution in [0.5, 0.6) is 5.75 Å². The number of ether oxygens (including phenoxy) is 1. The number of H-pyrrole nitrogens is 1. The predicted octanol–water partition coefficient (Wildman–Crippen LogP) is 3.86. The van der Waals surface area contributed by atoms with Crippen molar-refractivity contribution in [3.05, 3.63) is 58.9 Å². The van der Waals surface area contributed by atoms with Crippen LogP contribution in [-0.2, 0) is 16.1 Å². The first-order valence-electron chi connectivity index (χ1n) is 10.7. The molecule has 0 radical (unpaired) electrons. The van der Waals surface area contributed by atoms with Gasteiger partial charge < -0.3 is 20.4 Å². The van der Waals surface area contributed by atoms with E-state index < -0.39 is 11.6 Å². The standard InChI is InChI=1S/C23H23ClF2N4O3/c24-14-3-7-16(8-4-14)33-12-22(31)28-15-5-1-13(2-6-15)23(32)27-11-21-29-19-9-17(25)18(26)10-20(19)30-21/h3-4,7-10,13,15H,1-2,5-6,11-12H2,(H,27,32)(H,28,31)(H,29,30). The van der Waals surface area contributed by atoms with Crippen molar-refractivity contribution in [3.8, 4) is 5.75 Å². The summed E-state index contributed by atoms with van der Waals surface area (Å²) in [5.74, 6) is -1.42. The van der Waals surface area contributed by atoms with Gasteiger partial charge in [0.1, 0.15) is 11.6 Å². The second-order valence-electron chi connectivity index (χ2n) is 8.04. The third-order valence-electron chi connectivity index (χ3n) is 5.65. The first-order chi connectivity index (χ1) is 15.9. The van der Waals surface area contributed by atoms with E-state index in [4.69, 9.17) is 16.3 Å². The first-order valence-corrected chi connectivity index (χ1v) is 11.0. The molecule has 0 bridgehead atoms. The highest BCUT2D eigenvalue weighted by molar-refractivity contribution is 6.30. The molecule has 1 aliphatic carbocycles. The van der Waals surface area contributed by atoms with Crippen LogP contribution in [0.1, 0.15) is 31.5 Å². The molecule has 174 valence electrons. The third-order valence-corrected chi connectivity index (χ3v) is 5.90. The van der Waals surface area contributed by atoms with Crippen molar-refractivity contribution in [2.45, 2.75) is 38.3 Å². The highest BCUT2D eigenvalue weighted by atomic mass is 35.5. The van der Waals surface area contributed by atoms with E-state index in [1.807, 2.05) is 0 Å². The van der Waals surface area contributed by atoms with Crippen LogP contribution in [-0.4, -0.2) is 34.4 Å². The summed E-state index contributed by atoms with van der Waals surface area (Å²) in [6.07, 6.45) is 2.67. The normalized spacial score (nSPS) is 18.2. The molecule has 1 fully saturated rings. The number of hydrogen-bond acceptors (Lipinski definition) is 4. The highest BCUT2D eigenvalue weighted by Gasteiger charge is 2.27. The van der Waals surface area contributed by atoms with E-state index in [-0.39, 0.29) is 36.9 Å². The summed E-state index contributed by atoms with van der Waals surface area (Å²) in [7, 11) is 0. The van der Waals surface area contributed by atoms with Gasteiger partial charge in [0.05, 0.1) is 17.6 Å². The summed E-state index contributed by atoms with van der Waals surface area (Å²) in [4.78, 5) is 31.7. The molecule has 1 aliphatic rings. The summed E-state index contributed by atoms with van der Waals surface area (Å²) in [6, 6.07) is 8.82. The van der Waals surface area contributed by atoms with Gasteiger partial charge in [-0.15, -0.1) is 0 Å². The Kier molecular flexibility index (Phi) is 7.08. The number of aromatic nitrogens is 2. The van der Waals surface area contributed by atoms with Gasteiger partial charge in [-0.25, -0.2) is 13.8 Å². The van der Waals surface area contributed by atoms with Crippen molar-refractivity contribution in [1.29, 1.82) is 0 Å². The number of amides is 2. The van der Waals surface area contributed by atoms with E-state index in [1.54, 1.807) is 24.3 Å². The van der Waals surface area contributed by atoms with Crippen molar-refractivity contribution in [1.82, 2.24) is 20.6 Å². The summed E-state index contributed by atoms with van der Waals surface area (Å²) in [6.45, 7) is 0.0444. The largest absolute Gasteiger partial charge is 0.484 e. The van der Waals surface area contributed by atoms with Gasteiger partial charge >= 0.3 is 0 Å². The Morgan fingerprint density at radius 2 is 1.79 bits per heavy atom. The topological polar surface area (TPSA) is 96.1 Å². The number of hydrogen-bond donors (Lipinski definition) is 3. The number of aromatic amines is 1. The van der Waals surface area contributed by atoms with Crippen molar-refractivity contribution >= 4 is 34.4 Å². The molecule has 0 aliphatic heterocycles. The minimum Gasteiger partial charge on any atom is -0.484 e. The van der Waals surface area contributed by atoms with Gasteiger partial charge in [0.15, 0.2) is 18.2 Å². The number of benzene rings is 2. The molecule has 10 heteroatoms. The molecule has 4 rings (SSSR count). The minimum absolute atomic E-state index is 0.00414. The zero-order chi connectivity index (χ0) is 23.4. The SMILES string of the molecule is O=C(COc1ccc(Cl)cc1)NC1CCC(C(=O)NCc2nc3cc(F)c(F)cc3[nH]2)CC1.